The van der Waals surface area contributed by atoms with Gasteiger partial charge < -0.3 is 40.2 Å². The van der Waals surface area contributed by atoms with E-state index in [-0.39, 0.29) is 60.8 Å². The number of hydrogen-bond donors (Lipinski definition) is 4. The number of thioether (sulfide) groups is 1. The van der Waals surface area contributed by atoms with Crippen molar-refractivity contribution < 1.29 is 68.7 Å². The normalized spacial score (nSPS) is 19.6. The third kappa shape index (κ3) is 15.6. The molecule has 2 aromatic carbocycles. The molecular weight excluding hydrogens is 583 g/mol. The molecule has 1 fully saturated rings. The Labute approximate surface area is 281 Å². The van der Waals surface area contributed by atoms with E-state index in [0.29, 0.717) is 12.2 Å². The van der Waals surface area contributed by atoms with Gasteiger partial charge in [-0.25, -0.2) is 0 Å². The second kappa shape index (κ2) is 24.4. The fraction of sp³-hybridized carbons (Fsp3) is 0.516. The number of aliphatic hydroxyl groups excluding tert-OH is 2. The van der Waals surface area contributed by atoms with Crippen LogP contribution < -0.4 is 45.3 Å². The van der Waals surface area contributed by atoms with Crippen LogP contribution in [0.1, 0.15) is 57.3 Å². The number of carbonyl (C=O) groups excluding carboxylic acids is 3. The Bertz CT molecular complexity index is 1030. The van der Waals surface area contributed by atoms with E-state index in [1.807, 2.05) is 68.1 Å². The standard InChI is InChI=1S/C28H38N2O6S.C2H6.CH2O2.Na/c1-3-37-17-7-16-35-25-18-24(33)26(30-19(2)31)27(36-25)23(32)14-15-29-28(34)22-12-10-21(11-13-22)20-8-5-4-6-9-20;1-2;2-1-3;/h4-6,8-13,23-27,32-33H,3,7,14-18H2,1-2H3,(H,29,34)(H,30,31);1-2H3;1H,(H,2,3);/q;;;+1/p-1/t23?,24?,25?,26-,27?;;;/m1.../s1. The van der Waals surface area contributed by atoms with Crippen molar-refractivity contribution in [1.82, 2.24) is 10.6 Å². The average molecular weight is 629 g/mol. The Morgan fingerprint density at radius 3 is 2.33 bits per heavy atom. The first-order chi connectivity index (χ1) is 20.3. The molecule has 2 amide bonds. The molecule has 10 nitrogen and oxygen atoms in total. The number of nitrogens with one attached hydrogen (secondary N) is 2. The van der Waals surface area contributed by atoms with Crippen molar-refractivity contribution in [2.24, 2.45) is 0 Å². The maximum Gasteiger partial charge on any atom is 1.00 e. The maximum atomic E-state index is 12.6. The predicted molar refractivity (Wildman–Crippen MR) is 163 cm³/mol. The van der Waals surface area contributed by atoms with Crippen molar-refractivity contribution in [3.05, 3.63) is 60.2 Å². The number of carboxylic acid groups (broad SMARTS) is 1. The van der Waals surface area contributed by atoms with Crippen LogP contribution in [0.3, 0.4) is 0 Å². The summed E-state index contributed by atoms with van der Waals surface area (Å²) in [5, 5.41) is 35.3. The monoisotopic (exact) mass is 628 g/mol. The Morgan fingerprint density at radius 1 is 1.14 bits per heavy atom. The van der Waals surface area contributed by atoms with Gasteiger partial charge in [0.1, 0.15) is 6.10 Å². The minimum absolute atomic E-state index is 0. The molecule has 234 valence electrons. The van der Waals surface area contributed by atoms with E-state index < -0.39 is 37.1 Å². The molecule has 0 aliphatic carbocycles. The average Bonchev–Trinajstić information content (AvgIpc) is 3.00. The van der Waals surface area contributed by atoms with E-state index in [0.717, 1.165) is 29.1 Å². The van der Waals surface area contributed by atoms with Crippen LogP contribution in [0.2, 0.25) is 0 Å². The largest absolute Gasteiger partial charge is 1.00 e. The Balaban J connectivity index is 0.00000276. The van der Waals surface area contributed by atoms with Gasteiger partial charge in [-0.3, -0.25) is 9.59 Å². The van der Waals surface area contributed by atoms with Gasteiger partial charge in [0.05, 0.1) is 24.9 Å². The number of aliphatic hydroxyl groups is 2. The zero-order valence-electron chi connectivity index (χ0n) is 25.9. The molecule has 1 aliphatic rings. The van der Waals surface area contributed by atoms with Crippen LogP contribution in [-0.4, -0.2) is 83.8 Å². The van der Waals surface area contributed by atoms with Crippen LogP contribution in [0.15, 0.2) is 54.6 Å². The van der Waals surface area contributed by atoms with Crippen molar-refractivity contribution >= 4 is 30.0 Å². The summed E-state index contributed by atoms with van der Waals surface area (Å²) in [5.74, 6) is 1.44. The molecule has 1 saturated heterocycles. The van der Waals surface area contributed by atoms with Gasteiger partial charge in [-0.15, -0.1) is 0 Å². The number of amides is 2. The topological polar surface area (TPSA) is 157 Å². The van der Waals surface area contributed by atoms with Gasteiger partial charge in [-0.2, -0.15) is 11.8 Å². The fourth-order valence-corrected chi connectivity index (χ4v) is 4.90. The van der Waals surface area contributed by atoms with E-state index >= 15 is 0 Å². The quantitative estimate of drug-likeness (QED) is 0.129. The van der Waals surface area contributed by atoms with Gasteiger partial charge in [-0.05, 0) is 47.6 Å². The first-order valence-corrected chi connectivity index (χ1v) is 15.4. The Morgan fingerprint density at radius 2 is 1.74 bits per heavy atom. The Kier molecular flexibility index (Phi) is 23.3. The summed E-state index contributed by atoms with van der Waals surface area (Å²) >= 11 is 1.83. The summed E-state index contributed by atoms with van der Waals surface area (Å²) in [6.45, 7) is 7.64. The summed E-state index contributed by atoms with van der Waals surface area (Å²) in [6.07, 6.45) is -2.27. The molecule has 0 radical (unpaired) electrons. The summed E-state index contributed by atoms with van der Waals surface area (Å²) in [6, 6.07) is 16.5. The second-order valence-corrected chi connectivity index (χ2v) is 10.5. The van der Waals surface area contributed by atoms with Gasteiger partial charge >= 0.3 is 29.6 Å². The van der Waals surface area contributed by atoms with E-state index in [1.165, 1.54) is 6.92 Å². The zero-order chi connectivity index (χ0) is 31.3. The number of carbonyl (C=O) groups is 3. The molecule has 0 aromatic heterocycles. The van der Waals surface area contributed by atoms with Gasteiger partial charge in [0.15, 0.2) is 6.29 Å². The zero-order valence-corrected chi connectivity index (χ0v) is 28.7. The fourth-order valence-electron chi connectivity index (χ4n) is 4.29. The third-order valence-electron chi connectivity index (χ3n) is 6.18. The smallest absolute Gasteiger partial charge is 0.554 e. The summed E-state index contributed by atoms with van der Waals surface area (Å²) < 4.78 is 11.8. The molecule has 0 saturated carbocycles. The van der Waals surface area contributed by atoms with E-state index in [1.54, 1.807) is 12.1 Å². The number of hydrogen-bond acceptors (Lipinski definition) is 9. The number of rotatable bonds is 13. The first-order valence-electron chi connectivity index (χ1n) is 14.3. The van der Waals surface area contributed by atoms with Gasteiger partial charge in [0.2, 0.25) is 5.91 Å². The maximum absolute atomic E-state index is 12.6. The molecule has 2 aromatic rings. The van der Waals surface area contributed by atoms with Crippen molar-refractivity contribution in [2.45, 2.75) is 77.6 Å². The summed E-state index contributed by atoms with van der Waals surface area (Å²) in [7, 11) is 0. The molecule has 4 unspecified atom stereocenters. The van der Waals surface area contributed by atoms with E-state index in [9.17, 15) is 19.8 Å². The van der Waals surface area contributed by atoms with Crippen molar-refractivity contribution in [1.29, 1.82) is 0 Å². The first kappa shape index (κ1) is 41.0. The van der Waals surface area contributed by atoms with Crippen LogP contribution in [0.4, 0.5) is 0 Å². The molecule has 5 atom stereocenters. The number of ether oxygens (including phenoxy) is 2. The van der Waals surface area contributed by atoms with Crippen molar-refractivity contribution in [3.8, 4) is 11.1 Å². The molecule has 1 heterocycles. The van der Waals surface area contributed by atoms with Crippen molar-refractivity contribution in [2.75, 3.05) is 24.7 Å². The van der Waals surface area contributed by atoms with E-state index in [2.05, 4.69) is 17.6 Å². The SMILES string of the molecule is CC.CCSCCCOC1CC(O)[C@@H](NC(C)=O)C(C(O)CCNC(=O)c2ccc(-c3ccccc3)cc2)O1.O=C[O-].[Na+]. The molecule has 3 rings (SSSR count). The molecular formula is C31H45N2NaO8S. The third-order valence-corrected chi connectivity index (χ3v) is 7.17. The molecule has 1 aliphatic heterocycles. The minimum atomic E-state index is -1.03. The van der Waals surface area contributed by atoms with Crippen LogP contribution in [0.5, 0.6) is 0 Å². The van der Waals surface area contributed by atoms with Gasteiger partial charge in [0, 0.05) is 31.9 Å². The van der Waals surface area contributed by atoms with Crippen LogP contribution in [-0.2, 0) is 19.1 Å². The van der Waals surface area contributed by atoms with Crippen molar-refractivity contribution in [3.63, 3.8) is 0 Å². The minimum Gasteiger partial charge on any atom is -0.554 e. The Hall–Kier alpha value is -1.96. The molecule has 0 bridgehead atoms. The molecule has 0 spiro atoms. The number of benzene rings is 2. The van der Waals surface area contributed by atoms with Gasteiger partial charge in [0.25, 0.3) is 5.91 Å². The summed E-state index contributed by atoms with van der Waals surface area (Å²) in [4.78, 5) is 32.6. The van der Waals surface area contributed by atoms with Crippen LogP contribution >= 0.6 is 11.8 Å². The van der Waals surface area contributed by atoms with Crippen LogP contribution in [0.25, 0.3) is 11.1 Å². The second-order valence-electron chi connectivity index (χ2n) is 9.13. The predicted octanol–water partition coefficient (Wildman–Crippen LogP) is -0.629. The van der Waals surface area contributed by atoms with Gasteiger partial charge in [-0.1, -0.05) is 63.2 Å². The molecule has 43 heavy (non-hydrogen) atoms. The van der Waals surface area contributed by atoms with E-state index in [4.69, 9.17) is 19.4 Å². The summed E-state index contributed by atoms with van der Waals surface area (Å²) in [5.41, 5.74) is 2.61. The molecule has 4 N–H and O–H groups in total. The molecule has 12 heteroatoms. The van der Waals surface area contributed by atoms with Crippen LogP contribution in [0, 0.1) is 0 Å².